The van der Waals surface area contributed by atoms with Gasteiger partial charge in [-0.1, -0.05) is 51.0 Å². The molecule has 2 unspecified atom stereocenters. The molecule has 0 amide bonds. The molecule has 0 aromatic heterocycles. The number of hydrogen-bond donors (Lipinski definition) is 0. The number of allylic oxidation sites excluding steroid dienone is 4. The van der Waals surface area contributed by atoms with Crippen molar-refractivity contribution in [2.24, 2.45) is 11.8 Å². The first kappa shape index (κ1) is 10.5. The molecule has 74 valence electrons. The summed E-state index contributed by atoms with van der Waals surface area (Å²) in [5.41, 5.74) is 0. The minimum absolute atomic E-state index is 0.117. The van der Waals surface area contributed by atoms with Crippen LogP contribution in [0.5, 0.6) is 0 Å². The molecule has 1 heteroatoms. The Bertz CT molecular complexity index is 193. The summed E-state index contributed by atoms with van der Waals surface area (Å²) in [4.78, 5) is 0. The molecule has 13 heavy (non-hydrogen) atoms. The molecule has 0 saturated carbocycles. The summed E-state index contributed by atoms with van der Waals surface area (Å²) in [7, 11) is 0. The van der Waals surface area contributed by atoms with Crippen LogP contribution in [0.1, 0.15) is 33.1 Å². The van der Waals surface area contributed by atoms with Crippen molar-refractivity contribution >= 4 is 0 Å². The molecule has 1 rings (SSSR count). The fourth-order valence-electron chi connectivity index (χ4n) is 1.91. The Kier molecular flexibility index (Phi) is 4.20. The van der Waals surface area contributed by atoms with E-state index >= 15 is 0 Å². The predicted molar refractivity (Wildman–Crippen MR) is 55.4 cm³/mol. The molecule has 0 nitrogen and oxygen atoms in total. The van der Waals surface area contributed by atoms with Gasteiger partial charge in [0.05, 0.1) is 0 Å². The molecule has 0 spiro atoms. The SMILES string of the molecule is CCCC(C)C[C@@H]1C=CC=CC1F. The van der Waals surface area contributed by atoms with Gasteiger partial charge in [0.1, 0.15) is 6.17 Å². The van der Waals surface area contributed by atoms with Gasteiger partial charge in [-0.25, -0.2) is 4.39 Å². The lowest BCUT2D eigenvalue weighted by Gasteiger charge is -2.20. The van der Waals surface area contributed by atoms with Crippen LogP contribution in [0.25, 0.3) is 0 Å². The molecule has 3 atom stereocenters. The Morgan fingerprint density at radius 3 is 2.62 bits per heavy atom. The summed E-state index contributed by atoms with van der Waals surface area (Å²) in [5.74, 6) is 0.760. The van der Waals surface area contributed by atoms with Crippen molar-refractivity contribution in [2.75, 3.05) is 0 Å². The van der Waals surface area contributed by atoms with Crippen LogP contribution in [0.15, 0.2) is 24.3 Å². The molecule has 0 saturated heterocycles. The van der Waals surface area contributed by atoms with E-state index in [-0.39, 0.29) is 5.92 Å². The second-order valence-corrected chi connectivity index (χ2v) is 4.01. The molecule has 0 aliphatic heterocycles. The van der Waals surface area contributed by atoms with Crippen LogP contribution in [-0.2, 0) is 0 Å². The lowest BCUT2D eigenvalue weighted by molar-refractivity contribution is 0.274. The predicted octanol–water partition coefficient (Wildman–Crippen LogP) is 3.89. The summed E-state index contributed by atoms with van der Waals surface area (Å²) < 4.78 is 13.3. The topological polar surface area (TPSA) is 0 Å². The standard InChI is InChI=1S/C12H19F/c1-3-6-10(2)9-11-7-4-5-8-12(11)13/h4-5,7-8,10-12H,3,6,9H2,1-2H3/t10?,11-,12?/m0/s1. The van der Waals surface area contributed by atoms with E-state index in [0.717, 1.165) is 6.42 Å². The highest BCUT2D eigenvalue weighted by atomic mass is 19.1. The Morgan fingerprint density at radius 2 is 2.00 bits per heavy atom. The Balaban J connectivity index is 2.35. The first-order valence-electron chi connectivity index (χ1n) is 5.23. The molecule has 0 N–H and O–H groups in total. The normalized spacial score (nSPS) is 29.2. The van der Waals surface area contributed by atoms with Crippen LogP contribution in [0.2, 0.25) is 0 Å². The van der Waals surface area contributed by atoms with Gasteiger partial charge in [0.2, 0.25) is 0 Å². The maximum atomic E-state index is 13.3. The van der Waals surface area contributed by atoms with E-state index in [1.807, 2.05) is 12.2 Å². The van der Waals surface area contributed by atoms with Gasteiger partial charge < -0.3 is 0 Å². The monoisotopic (exact) mass is 182 g/mol. The minimum atomic E-state index is -0.760. The van der Waals surface area contributed by atoms with E-state index in [1.165, 1.54) is 12.8 Å². The van der Waals surface area contributed by atoms with E-state index in [2.05, 4.69) is 13.8 Å². The smallest absolute Gasteiger partial charge is 0.125 e. The third-order valence-electron chi connectivity index (χ3n) is 2.63. The zero-order chi connectivity index (χ0) is 9.68. The highest BCUT2D eigenvalue weighted by molar-refractivity contribution is 5.15. The van der Waals surface area contributed by atoms with Gasteiger partial charge in [0, 0.05) is 5.92 Å². The van der Waals surface area contributed by atoms with Crippen LogP contribution >= 0.6 is 0 Å². The van der Waals surface area contributed by atoms with Gasteiger partial charge in [-0.15, -0.1) is 0 Å². The van der Waals surface area contributed by atoms with E-state index < -0.39 is 6.17 Å². The number of hydrogen-bond acceptors (Lipinski definition) is 0. The second-order valence-electron chi connectivity index (χ2n) is 4.01. The number of halogens is 1. The molecule has 1 aliphatic rings. The number of rotatable bonds is 4. The lowest BCUT2D eigenvalue weighted by atomic mass is 9.87. The van der Waals surface area contributed by atoms with Crippen LogP contribution in [0.3, 0.4) is 0 Å². The third-order valence-corrected chi connectivity index (χ3v) is 2.63. The van der Waals surface area contributed by atoms with Gasteiger partial charge >= 0.3 is 0 Å². The fraction of sp³-hybridized carbons (Fsp3) is 0.667. The van der Waals surface area contributed by atoms with Gasteiger partial charge in [-0.3, -0.25) is 0 Å². The average molecular weight is 182 g/mol. The summed E-state index contributed by atoms with van der Waals surface area (Å²) >= 11 is 0. The summed E-state index contributed by atoms with van der Waals surface area (Å²) in [5, 5.41) is 0. The highest BCUT2D eigenvalue weighted by Gasteiger charge is 2.19. The van der Waals surface area contributed by atoms with Gasteiger partial charge in [-0.2, -0.15) is 0 Å². The van der Waals surface area contributed by atoms with Gasteiger partial charge in [0.25, 0.3) is 0 Å². The molecule has 0 radical (unpaired) electrons. The van der Waals surface area contributed by atoms with E-state index in [0.29, 0.717) is 5.92 Å². The van der Waals surface area contributed by atoms with E-state index in [4.69, 9.17) is 0 Å². The van der Waals surface area contributed by atoms with Crippen LogP contribution < -0.4 is 0 Å². The van der Waals surface area contributed by atoms with Crippen molar-refractivity contribution in [3.63, 3.8) is 0 Å². The maximum absolute atomic E-state index is 13.3. The van der Waals surface area contributed by atoms with Crippen LogP contribution in [0, 0.1) is 11.8 Å². The molecular weight excluding hydrogens is 163 g/mol. The van der Waals surface area contributed by atoms with Crippen LogP contribution in [-0.4, -0.2) is 6.17 Å². The molecule has 0 aromatic carbocycles. The molecule has 0 heterocycles. The summed E-state index contributed by atoms with van der Waals surface area (Å²) in [6.45, 7) is 4.39. The zero-order valence-electron chi connectivity index (χ0n) is 8.54. The van der Waals surface area contributed by atoms with Crippen molar-refractivity contribution in [3.05, 3.63) is 24.3 Å². The highest BCUT2D eigenvalue weighted by Crippen LogP contribution is 2.25. The largest absolute Gasteiger partial charge is 0.242 e. The van der Waals surface area contributed by atoms with Crippen molar-refractivity contribution in [2.45, 2.75) is 39.3 Å². The van der Waals surface area contributed by atoms with Gasteiger partial charge in [-0.05, 0) is 12.3 Å². The van der Waals surface area contributed by atoms with Crippen molar-refractivity contribution in [1.29, 1.82) is 0 Å². The summed E-state index contributed by atoms with van der Waals surface area (Å²) in [6.07, 6.45) is 10.0. The van der Waals surface area contributed by atoms with Gasteiger partial charge in [0.15, 0.2) is 0 Å². The molecule has 0 bridgehead atoms. The fourth-order valence-corrected chi connectivity index (χ4v) is 1.91. The molecule has 0 fully saturated rings. The first-order valence-corrected chi connectivity index (χ1v) is 5.23. The zero-order valence-corrected chi connectivity index (χ0v) is 8.54. The average Bonchev–Trinajstić information content (AvgIpc) is 2.09. The minimum Gasteiger partial charge on any atom is -0.242 e. The lowest BCUT2D eigenvalue weighted by Crippen LogP contribution is -2.16. The van der Waals surface area contributed by atoms with Crippen molar-refractivity contribution in [3.8, 4) is 0 Å². The maximum Gasteiger partial charge on any atom is 0.125 e. The molecular formula is C12H19F. The van der Waals surface area contributed by atoms with Crippen LogP contribution in [0.4, 0.5) is 4.39 Å². The van der Waals surface area contributed by atoms with E-state index in [9.17, 15) is 4.39 Å². The van der Waals surface area contributed by atoms with Crippen molar-refractivity contribution in [1.82, 2.24) is 0 Å². The third kappa shape index (κ3) is 3.33. The first-order chi connectivity index (χ1) is 6.24. The quantitative estimate of drug-likeness (QED) is 0.618. The summed E-state index contributed by atoms with van der Waals surface area (Å²) in [6, 6.07) is 0. The Hall–Kier alpha value is -0.590. The Labute approximate surface area is 80.5 Å². The van der Waals surface area contributed by atoms with Crippen molar-refractivity contribution < 1.29 is 4.39 Å². The molecule has 0 aromatic rings. The number of alkyl halides is 1. The van der Waals surface area contributed by atoms with E-state index in [1.54, 1.807) is 12.2 Å². The Morgan fingerprint density at radius 1 is 1.31 bits per heavy atom. The second kappa shape index (κ2) is 5.21. The molecule has 1 aliphatic carbocycles.